The van der Waals surface area contributed by atoms with Gasteiger partial charge in [-0.15, -0.1) is 0 Å². The number of hydrogen-bond donors (Lipinski definition) is 1. The van der Waals surface area contributed by atoms with Gasteiger partial charge in [0.15, 0.2) is 0 Å². The van der Waals surface area contributed by atoms with Crippen LogP contribution >= 0.6 is 15.9 Å². The summed E-state index contributed by atoms with van der Waals surface area (Å²) in [5, 5.41) is 6.13. The minimum Gasteiger partial charge on any atom is -0.495 e. The van der Waals surface area contributed by atoms with Gasteiger partial charge in [0.1, 0.15) is 16.0 Å². The van der Waals surface area contributed by atoms with E-state index in [4.69, 9.17) is 9.47 Å². The number of halogens is 1. The van der Waals surface area contributed by atoms with Crippen molar-refractivity contribution in [3.05, 3.63) is 70.2 Å². The summed E-state index contributed by atoms with van der Waals surface area (Å²) in [5.41, 5.74) is 2.51. The van der Waals surface area contributed by atoms with Gasteiger partial charge in [-0.3, -0.25) is 0 Å². The summed E-state index contributed by atoms with van der Waals surface area (Å²) in [6, 6.07) is 19.0. The molecule has 3 rings (SSSR count). The molecule has 4 heteroatoms. The molecule has 0 aliphatic carbocycles. The highest BCUT2D eigenvalue weighted by Crippen LogP contribution is 2.35. The van der Waals surface area contributed by atoms with E-state index in [1.807, 2.05) is 12.1 Å². The Bertz CT molecular complexity index is 833. The van der Waals surface area contributed by atoms with Crippen LogP contribution in [0.25, 0.3) is 10.8 Å². The molecule has 0 atom stereocenters. The molecule has 3 aromatic rings. The molecule has 3 nitrogen and oxygen atoms in total. The highest BCUT2D eigenvalue weighted by atomic mass is 79.9. The maximum atomic E-state index is 5.40. The molecule has 0 aliphatic heterocycles. The zero-order valence-electron chi connectivity index (χ0n) is 14.5. The smallest absolute Gasteiger partial charge is 0.137 e. The fourth-order valence-corrected chi connectivity index (χ4v) is 3.52. The number of fused-ring (bicyclic) bond motifs is 1. The van der Waals surface area contributed by atoms with Crippen LogP contribution in [0.15, 0.2) is 59.1 Å². The third kappa shape index (κ3) is 4.14. The highest BCUT2D eigenvalue weighted by Gasteiger charge is 2.09. The zero-order chi connectivity index (χ0) is 17.6. The highest BCUT2D eigenvalue weighted by molar-refractivity contribution is 9.10. The molecule has 0 spiro atoms. The predicted molar refractivity (Wildman–Crippen MR) is 107 cm³/mol. The van der Waals surface area contributed by atoms with E-state index in [9.17, 15) is 0 Å². The van der Waals surface area contributed by atoms with Crippen molar-refractivity contribution >= 4 is 26.7 Å². The van der Waals surface area contributed by atoms with Crippen molar-refractivity contribution in [2.24, 2.45) is 0 Å². The molecule has 3 aromatic carbocycles. The number of benzene rings is 3. The van der Waals surface area contributed by atoms with Crippen LogP contribution in [-0.2, 0) is 13.0 Å². The number of rotatable bonds is 7. The maximum absolute atomic E-state index is 5.40. The van der Waals surface area contributed by atoms with Crippen LogP contribution in [-0.4, -0.2) is 20.8 Å². The normalized spacial score (nSPS) is 10.8. The van der Waals surface area contributed by atoms with Crippen LogP contribution in [0.3, 0.4) is 0 Å². The van der Waals surface area contributed by atoms with Crippen LogP contribution in [0.1, 0.15) is 11.1 Å². The summed E-state index contributed by atoms with van der Waals surface area (Å²) in [6.45, 7) is 1.74. The Hall–Kier alpha value is -2.04. The second kappa shape index (κ2) is 8.37. The molecule has 0 unspecified atom stereocenters. The minimum atomic E-state index is 0.795. The fourth-order valence-electron chi connectivity index (χ4n) is 2.97. The van der Waals surface area contributed by atoms with Crippen LogP contribution in [0, 0.1) is 0 Å². The molecule has 0 saturated heterocycles. The summed E-state index contributed by atoms with van der Waals surface area (Å²) >= 11 is 3.51. The largest absolute Gasteiger partial charge is 0.495 e. The molecule has 0 aromatic heterocycles. The second-order valence-corrected chi connectivity index (χ2v) is 6.67. The monoisotopic (exact) mass is 399 g/mol. The van der Waals surface area contributed by atoms with Crippen LogP contribution in [0.5, 0.6) is 11.5 Å². The van der Waals surface area contributed by atoms with Gasteiger partial charge in [-0.1, -0.05) is 42.5 Å². The molecule has 0 saturated carbocycles. The quantitative estimate of drug-likeness (QED) is 0.570. The lowest BCUT2D eigenvalue weighted by Gasteiger charge is -2.12. The van der Waals surface area contributed by atoms with Crippen molar-refractivity contribution < 1.29 is 9.47 Å². The van der Waals surface area contributed by atoms with Crippen molar-refractivity contribution in [1.82, 2.24) is 5.32 Å². The number of hydrogen-bond acceptors (Lipinski definition) is 3. The average molecular weight is 400 g/mol. The number of methoxy groups -OCH3 is 2. The lowest BCUT2D eigenvalue weighted by atomic mass is 10.0. The van der Waals surface area contributed by atoms with Crippen molar-refractivity contribution in [2.75, 3.05) is 20.8 Å². The Morgan fingerprint density at radius 1 is 0.920 bits per heavy atom. The lowest BCUT2D eigenvalue weighted by Crippen LogP contribution is -2.17. The molecule has 130 valence electrons. The molecule has 0 heterocycles. The van der Waals surface area contributed by atoms with E-state index in [0.717, 1.165) is 35.5 Å². The van der Waals surface area contributed by atoms with Gasteiger partial charge in [0.2, 0.25) is 0 Å². The van der Waals surface area contributed by atoms with E-state index < -0.39 is 0 Å². The van der Waals surface area contributed by atoms with E-state index in [0.29, 0.717) is 0 Å². The minimum absolute atomic E-state index is 0.795. The molecular weight excluding hydrogens is 378 g/mol. The van der Waals surface area contributed by atoms with Gasteiger partial charge in [-0.05, 0) is 62.9 Å². The average Bonchev–Trinajstić information content (AvgIpc) is 2.66. The van der Waals surface area contributed by atoms with Gasteiger partial charge in [0.25, 0.3) is 0 Å². The van der Waals surface area contributed by atoms with E-state index in [2.05, 4.69) is 63.7 Å². The zero-order valence-corrected chi connectivity index (χ0v) is 16.1. The van der Waals surface area contributed by atoms with Crippen LogP contribution in [0.2, 0.25) is 0 Å². The van der Waals surface area contributed by atoms with E-state index in [1.165, 1.54) is 21.9 Å². The topological polar surface area (TPSA) is 30.5 Å². The van der Waals surface area contributed by atoms with E-state index in [1.54, 1.807) is 14.2 Å². The van der Waals surface area contributed by atoms with Crippen LogP contribution in [0.4, 0.5) is 0 Å². The second-order valence-electron chi connectivity index (χ2n) is 5.88. The maximum Gasteiger partial charge on any atom is 0.137 e. The summed E-state index contributed by atoms with van der Waals surface area (Å²) < 4.78 is 11.7. The van der Waals surface area contributed by atoms with Gasteiger partial charge in [-0.2, -0.15) is 0 Å². The first-order valence-electron chi connectivity index (χ1n) is 8.30. The predicted octanol–water partition coefficient (Wildman–Crippen LogP) is 4.95. The van der Waals surface area contributed by atoms with Crippen LogP contribution < -0.4 is 14.8 Å². The van der Waals surface area contributed by atoms with Gasteiger partial charge >= 0.3 is 0 Å². The summed E-state index contributed by atoms with van der Waals surface area (Å²) in [5.74, 6) is 1.59. The van der Waals surface area contributed by atoms with Gasteiger partial charge in [0, 0.05) is 6.54 Å². The van der Waals surface area contributed by atoms with E-state index >= 15 is 0 Å². The van der Waals surface area contributed by atoms with Crippen molar-refractivity contribution in [3.63, 3.8) is 0 Å². The number of ether oxygens (including phenoxy) is 2. The first-order valence-corrected chi connectivity index (χ1v) is 9.10. The molecular formula is C21H22BrNO2. The first-order chi connectivity index (χ1) is 12.2. The summed E-state index contributed by atoms with van der Waals surface area (Å²) in [4.78, 5) is 0. The molecule has 25 heavy (non-hydrogen) atoms. The van der Waals surface area contributed by atoms with Gasteiger partial charge in [-0.25, -0.2) is 0 Å². The fraction of sp³-hybridized carbons (Fsp3) is 0.238. The van der Waals surface area contributed by atoms with Crippen molar-refractivity contribution in [2.45, 2.75) is 13.0 Å². The van der Waals surface area contributed by atoms with Crippen molar-refractivity contribution in [3.8, 4) is 11.5 Å². The van der Waals surface area contributed by atoms with Crippen molar-refractivity contribution in [1.29, 1.82) is 0 Å². The molecule has 0 radical (unpaired) electrons. The third-order valence-electron chi connectivity index (χ3n) is 4.29. The first kappa shape index (κ1) is 17.8. The standard InChI is InChI=1S/C21H22BrNO2/c1-24-19-12-15(13-20(25-2)21(19)22)10-11-23-14-17-8-5-7-16-6-3-4-9-18(16)17/h3-9,12-13,23H,10-11,14H2,1-2H3. The third-order valence-corrected chi connectivity index (χ3v) is 5.07. The van der Waals surface area contributed by atoms with E-state index in [-0.39, 0.29) is 0 Å². The SMILES string of the molecule is COc1cc(CCNCc2cccc3ccccc23)cc(OC)c1Br. The Balaban J connectivity index is 1.63. The molecule has 0 aliphatic rings. The Morgan fingerprint density at radius 3 is 2.32 bits per heavy atom. The summed E-state index contributed by atoms with van der Waals surface area (Å²) in [7, 11) is 3.34. The van der Waals surface area contributed by atoms with Gasteiger partial charge in [0.05, 0.1) is 14.2 Å². The summed E-state index contributed by atoms with van der Waals surface area (Å²) in [6.07, 6.45) is 0.908. The molecule has 0 fully saturated rings. The Morgan fingerprint density at radius 2 is 1.60 bits per heavy atom. The Labute approximate surface area is 157 Å². The molecule has 0 amide bonds. The Kier molecular flexibility index (Phi) is 5.95. The lowest BCUT2D eigenvalue weighted by molar-refractivity contribution is 0.388. The number of nitrogens with one attached hydrogen (secondary N) is 1. The molecule has 0 bridgehead atoms. The molecule has 1 N–H and O–H groups in total. The van der Waals surface area contributed by atoms with Gasteiger partial charge < -0.3 is 14.8 Å².